The molecule has 0 radical (unpaired) electrons. The molecule has 1 aromatic heterocycles. The first-order valence-corrected chi connectivity index (χ1v) is 13.4. The lowest BCUT2D eigenvalue weighted by atomic mass is 9.86. The number of benzene rings is 2. The fourth-order valence-electron chi connectivity index (χ4n) is 5.86. The van der Waals surface area contributed by atoms with E-state index in [9.17, 15) is 0 Å². The lowest BCUT2D eigenvalue weighted by Crippen LogP contribution is -2.28. The van der Waals surface area contributed by atoms with Crippen molar-refractivity contribution >= 4 is 0 Å². The first kappa shape index (κ1) is 25.6. The Balaban J connectivity index is 1.71. The third kappa shape index (κ3) is 5.68. The molecule has 0 saturated carbocycles. The van der Waals surface area contributed by atoms with E-state index in [0.717, 1.165) is 44.5 Å². The number of nitrogens with zero attached hydrogens (tertiary/aromatic N) is 2. The summed E-state index contributed by atoms with van der Waals surface area (Å²) in [5.41, 5.74) is 12.3. The fraction of sp³-hybridized carbons (Fsp3) is 0.469. The van der Waals surface area contributed by atoms with Crippen LogP contribution in [0.3, 0.4) is 0 Å². The molecule has 1 unspecified atom stereocenters. The molecule has 2 aromatic carbocycles. The van der Waals surface area contributed by atoms with Gasteiger partial charge in [-0.15, -0.1) is 0 Å². The van der Waals surface area contributed by atoms with Crippen molar-refractivity contribution in [2.24, 2.45) is 0 Å². The molecule has 1 aliphatic carbocycles. The minimum Gasteiger partial charge on any atom is -0.385 e. The van der Waals surface area contributed by atoms with Crippen LogP contribution in [0.5, 0.6) is 0 Å². The number of hydrogen-bond acceptors (Lipinski definition) is 3. The smallest absolute Gasteiger partial charge is 0.0713 e. The quantitative estimate of drug-likeness (QED) is 0.291. The Morgan fingerprint density at radius 3 is 2.46 bits per heavy atom. The van der Waals surface area contributed by atoms with Crippen LogP contribution in [-0.4, -0.2) is 30.6 Å². The number of methoxy groups -OCH3 is 1. The summed E-state index contributed by atoms with van der Waals surface area (Å²) in [5, 5.41) is 0. The Morgan fingerprint density at radius 1 is 1.00 bits per heavy atom. The number of pyridine rings is 1. The van der Waals surface area contributed by atoms with Crippen LogP contribution in [0.15, 0.2) is 48.5 Å². The zero-order valence-corrected chi connectivity index (χ0v) is 22.4. The molecule has 0 fully saturated rings. The molecule has 0 spiro atoms. The van der Waals surface area contributed by atoms with Crippen LogP contribution >= 0.6 is 0 Å². The van der Waals surface area contributed by atoms with Gasteiger partial charge in [0.15, 0.2) is 0 Å². The van der Waals surface area contributed by atoms with Crippen LogP contribution in [0.4, 0.5) is 0 Å². The standard InChI is InChI=1S/C32H42N2O/c1-6-24-14-10-15-25(7-2)32(24)30-21-27(17-12-20-35-5)29(23(3)33-30)22-34(4)31-19-11-16-26-13-8-9-18-28(26)31/h8-10,13-15,18,21,31H,6-7,11-12,16-17,19-20,22H2,1-5H3. The topological polar surface area (TPSA) is 25.4 Å². The zero-order chi connectivity index (χ0) is 24.8. The van der Waals surface area contributed by atoms with Gasteiger partial charge in [-0.3, -0.25) is 9.88 Å². The summed E-state index contributed by atoms with van der Waals surface area (Å²) in [7, 11) is 4.09. The van der Waals surface area contributed by atoms with Crippen molar-refractivity contribution in [1.29, 1.82) is 0 Å². The zero-order valence-electron chi connectivity index (χ0n) is 22.4. The van der Waals surface area contributed by atoms with Gasteiger partial charge in [-0.05, 0) is 98.4 Å². The Morgan fingerprint density at radius 2 is 1.74 bits per heavy atom. The molecule has 0 bridgehead atoms. The predicted molar refractivity (Wildman–Crippen MR) is 147 cm³/mol. The average Bonchev–Trinajstić information content (AvgIpc) is 2.89. The van der Waals surface area contributed by atoms with Gasteiger partial charge < -0.3 is 4.74 Å². The van der Waals surface area contributed by atoms with Crippen molar-refractivity contribution in [3.8, 4) is 11.3 Å². The molecule has 1 heterocycles. The van der Waals surface area contributed by atoms with Gasteiger partial charge in [0.05, 0.1) is 5.69 Å². The SMILES string of the molecule is CCc1cccc(CC)c1-c1cc(CCCOC)c(CN(C)C2CCCc3ccccc32)c(C)n1. The summed E-state index contributed by atoms with van der Waals surface area (Å²) < 4.78 is 5.41. The number of aryl methyl sites for hydroxylation is 5. The normalized spacial score (nSPS) is 15.4. The largest absolute Gasteiger partial charge is 0.385 e. The Kier molecular flexibility index (Phi) is 8.75. The van der Waals surface area contributed by atoms with Crippen molar-refractivity contribution in [1.82, 2.24) is 9.88 Å². The molecule has 35 heavy (non-hydrogen) atoms. The van der Waals surface area contributed by atoms with Crippen molar-refractivity contribution in [2.45, 2.75) is 78.3 Å². The summed E-state index contributed by atoms with van der Waals surface area (Å²) in [4.78, 5) is 7.79. The molecule has 186 valence electrons. The molecule has 0 aliphatic heterocycles. The first-order chi connectivity index (χ1) is 17.1. The maximum absolute atomic E-state index is 5.41. The highest BCUT2D eigenvalue weighted by Gasteiger charge is 2.25. The fourth-order valence-corrected chi connectivity index (χ4v) is 5.86. The van der Waals surface area contributed by atoms with E-state index in [0.29, 0.717) is 6.04 Å². The minimum absolute atomic E-state index is 0.471. The third-order valence-corrected chi connectivity index (χ3v) is 7.75. The predicted octanol–water partition coefficient (Wildman–Crippen LogP) is 7.27. The molecule has 0 amide bonds. The maximum Gasteiger partial charge on any atom is 0.0713 e. The third-order valence-electron chi connectivity index (χ3n) is 7.75. The first-order valence-electron chi connectivity index (χ1n) is 13.4. The molecule has 0 saturated heterocycles. The molecule has 0 N–H and O–H groups in total. The Hall–Kier alpha value is -2.49. The molecule has 3 aromatic rings. The van der Waals surface area contributed by atoms with E-state index < -0.39 is 0 Å². The highest BCUT2D eigenvalue weighted by Crippen LogP contribution is 2.36. The van der Waals surface area contributed by atoms with Gasteiger partial charge in [-0.1, -0.05) is 56.3 Å². The summed E-state index contributed by atoms with van der Waals surface area (Å²) in [6.45, 7) is 8.41. The second-order valence-electron chi connectivity index (χ2n) is 10.0. The van der Waals surface area contributed by atoms with Crippen LogP contribution < -0.4 is 0 Å². The van der Waals surface area contributed by atoms with Gasteiger partial charge in [-0.25, -0.2) is 0 Å². The van der Waals surface area contributed by atoms with Gasteiger partial charge in [-0.2, -0.15) is 0 Å². The lowest BCUT2D eigenvalue weighted by Gasteiger charge is -2.34. The van der Waals surface area contributed by atoms with E-state index in [-0.39, 0.29) is 0 Å². The number of rotatable bonds is 10. The van der Waals surface area contributed by atoms with E-state index in [1.807, 2.05) is 0 Å². The van der Waals surface area contributed by atoms with Gasteiger partial charge in [0.25, 0.3) is 0 Å². The molecule has 1 aliphatic rings. The Labute approximate surface area is 212 Å². The van der Waals surface area contributed by atoms with E-state index in [1.165, 1.54) is 63.9 Å². The second-order valence-corrected chi connectivity index (χ2v) is 10.0. The van der Waals surface area contributed by atoms with E-state index >= 15 is 0 Å². The van der Waals surface area contributed by atoms with E-state index in [1.54, 1.807) is 7.11 Å². The number of hydrogen-bond donors (Lipinski definition) is 0. The van der Waals surface area contributed by atoms with Crippen LogP contribution in [-0.2, 0) is 37.0 Å². The lowest BCUT2D eigenvalue weighted by molar-refractivity contribution is 0.194. The average molecular weight is 471 g/mol. The summed E-state index contributed by atoms with van der Waals surface area (Å²) >= 11 is 0. The van der Waals surface area contributed by atoms with Crippen LogP contribution in [0.25, 0.3) is 11.3 Å². The summed E-state index contributed by atoms with van der Waals surface area (Å²) in [6.07, 6.45) is 7.78. The Bertz CT molecular complexity index is 1110. The summed E-state index contributed by atoms with van der Waals surface area (Å²) in [5.74, 6) is 0. The van der Waals surface area contributed by atoms with Gasteiger partial charge in [0, 0.05) is 37.6 Å². The van der Waals surface area contributed by atoms with Gasteiger partial charge in [0.2, 0.25) is 0 Å². The highest BCUT2D eigenvalue weighted by atomic mass is 16.5. The van der Waals surface area contributed by atoms with Crippen LogP contribution in [0.2, 0.25) is 0 Å². The molecule has 3 heteroatoms. The maximum atomic E-state index is 5.41. The number of aromatic nitrogens is 1. The van der Waals surface area contributed by atoms with E-state index in [4.69, 9.17) is 9.72 Å². The van der Waals surface area contributed by atoms with Crippen LogP contribution in [0, 0.1) is 6.92 Å². The molecule has 4 rings (SSSR count). The minimum atomic E-state index is 0.471. The van der Waals surface area contributed by atoms with Crippen LogP contribution in [0.1, 0.15) is 78.2 Å². The summed E-state index contributed by atoms with van der Waals surface area (Å²) in [6, 6.07) is 18.6. The number of ether oxygens (including phenoxy) is 1. The van der Waals surface area contributed by atoms with Crippen molar-refractivity contribution in [3.63, 3.8) is 0 Å². The molecular formula is C32H42N2O. The molecule has 3 nitrogen and oxygen atoms in total. The molecule has 1 atom stereocenters. The van der Waals surface area contributed by atoms with E-state index in [2.05, 4.69) is 81.2 Å². The van der Waals surface area contributed by atoms with Crippen molar-refractivity contribution in [3.05, 3.63) is 87.6 Å². The highest BCUT2D eigenvalue weighted by molar-refractivity contribution is 5.69. The van der Waals surface area contributed by atoms with Gasteiger partial charge in [0.1, 0.15) is 0 Å². The molecular weight excluding hydrogens is 428 g/mol. The second kappa shape index (κ2) is 12.0. The monoisotopic (exact) mass is 470 g/mol. The van der Waals surface area contributed by atoms with Crippen molar-refractivity contribution in [2.75, 3.05) is 20.8 Å². The van der Waals surface area contributed by atoms with Gasteiger partial charge >= 0.3 is 0 Å². The number of fused-ring (bicyclic) bond motifs is 1. The van der Waals surface area contributed by atoms with Crippen molar-refractivity contribution < 1.29 is 4.74 Å².